The molecule has 1 aromatic carbocycles. The predicted octanol–water partition coefficient (Wildman–Crippen LogP) is 2.31. The SMILES string of the molecule is COc1cc2c(cc1OC)[C@@H](C1C(=O)CCCC1=O)N(C(=O)CCl)CC2. The van der Waals surface area contributed by atoms with Crippen LogP contribution in [-0.2, 0) is 20.8 Å². The summed E-state index contributed by atoms with van der Waals surface area (Å²) in [6, 6.07) is 3.01. The third-order valence-corrected chi connectivity index (χ3v) is 5.44. The highest BCUT2D eigenvalue weighted by molar-refractivity contribution is 6.27. The molecule has 0 N–H and O–H groups in total. The minimum atomic E-state index is -0.840. The van der Waals surface area contributed by atoms with Crippen molar-refractivity contribution in [2.45, 2.75) is 31.7 Å². The maximum Gasteiger partial charge on any atom is 0.238 e. The number of ketones is 2. The number of alkyl halides is 1. The standard InChI is InChI=1S/C19H22ClNO5/c1-25-15-8-11-6-7-21(17(24)10-20)19(12(11)9-16(15)26-2)18-13(22)4-3-5-14(18)23/h8-9,18-19H,3-7,10H2,1-2H3/t19-/m0/s1. The van der Waals surface area contributed by atoms with Crippen LogP contribution in [0.3, 0.4) is 0 Å². The van der Waals surface area contributed by atoms with Crippen LogP contribution in [0.1, 0.15) is 36.4 Å². The number of rotatable bonds is 4. The normalized spacial score (nSPS) is 20.7. The zero-order valence-corrected chi connectivity index (χ0v) is 15.7. The summed E-state index contributed by atoms with van der Waals surface area (Å²) in [7, 11) is 3.09. The van der Waals surface area contributed by atoms with Gasteiger partial charge in [-0.3, -0.25) is 14.4 Å². The minimum Gasteiger partial charge on any atom is -0.493 e. The number of benzene rings is 1. The molecule has 6 nitrogen and oxygen atoms in total. The van der Waals surface area contributed by atoms with Gasteiger partial charge in [-0.05, 0) is 36.1 Å². The van der Waals surface area contributed by atoms with E-state index in [-0.39, 0.29) is 23.4 Å². The molecule has 0 spiro atoms. The molecule has 1 fully saturated rings. The Morgan fingerprint density at radius 3 is 2.31 bits per heavy atom. The molecule has 0 radical (unpaired) electrons. The summed E-state index contributed by atoms with van der Waals surface area (Å²) in [5.41, 5.74) is 1.72. The number of ether oxygens (including phenoxy) is 2. The van der Waals surface area contributed by atoms with E-state index < -0.39 is 12.0 Å². The van der Waals surface area contributed by atoms with E-state index in [1.54, 1.807) is 18.1 Å². The van der Waals surface area contributed by atoms with E-state index in [9.17, 15) is 14.4 Å². The topological polar surface area (TPSA) is 72.9 Å². The molecule has 0 saturated heterocycles. The first-order chi connectivity index (χ1) is 12.5. The molecule has 1 aliphatic heterocycles. The van der Waals surface area contributed by atoms with Gasteiger partial charge in [0, 0.05) is 19.4 Å². The van der Waals surface area contributed by atoms with Gasteiger partial charge in [-0.25, -0.2) is 0 Å². The number of fused-ring (bicyclic) bond motifs is 1. The Bertz CT molecular complexity index is 732. The van der Waals surface area contributed by atoms with Gasteiger partial charge in [0.15, 0.2) is 11.5 Å². The van der Waals surface area contributed by atoms with Crippen LogP contribution in [-0.4, -0.2) is 49.0 Å². The number of Topliss-reactive ketones (excluding diaryl/α,β-unsaturated/α-hetero) is 2. The van der Waals surface area contributed by atoms with Crippen molar-refractivity contribution >= 4 is 29.1 Å². The van der Waals surface area contributed by atoms with Crippen molar-refractivity contribution in [2.24, 2.45) is 5.92 Å². The summed E-state index contributed by atoms with van der Waals surface area (Å²) in [6.45, 7) is 0.412. The second kappa shape index (κ2) is 7.66. The summed E-state index contributed by atoms with van der Waals surface area (Å²) in [5.74, 6) is -0.428. The fraction of sp³-hybridized carbons (Fsp3) is 0.526. The minimum absolute atomic E-state index is 0.110. The van der Waals surface area contributed by atoms with E-state index in [1.165, 1.54) is 7.11 Å². The summed E-state index contributed by atoms with van der Waals surface area (Å²) in [4.78, 5) is 39.2. The average Bonchev–Trinajstić information content (AvgIpc) is 2.66. The summed E-state index contributed by atoms with van der Waals surface area (Å²) >= 11 is 5.79. The maximum absolute atomic E-state index is 12.6. The van der Waals surface area contributed by atoms with Crippen molar-refractivity contribution in [2.75, 3.05) is 26.6 Å². The van der Waals surface area contributed by atoms with Crippen LogP contribution in [0.4, 0.5) is 0 Å². The largest absolute Gasteiger partial charge is 0.493 e. The van der Waals surface area contributed by atoms with Crippen LogP contribution in [0, 0.1) is 5.92 Å². The highest BCUT2D eigenvalue weighted by Crippen LogP contribution is 2.43. The second-order valence-corrected chi connectivity index (χ2v) is 6.85. The van der Waals surface area contributed by atoms with Crippen molar-refractivity contribution in [3.63, 3.8) is 0 Å². The Balaban J connectivity index is 2.14. The van der Waals surface area contributed by atoms with Gasteiger partial charge in [-0.15, -0.1) is 11.6 Å². The average molecular weight is 380 g/mol. The Labute approximate surface area is 157 Å². The Morgan fingerprint density at radius 2 is 1.73 bits per heavy atom. The molecular weight excluding hydrogens is 358 g/mol. The molecule has 140 valence electrons. The molecule has 1 amide bonds. The van der Waals surface area contributed by atoms with Gasteiger partial charge in [0.05, 0.1) is 20.3 Å². The van der Waals surface area contributed by atoms with Gasteiger partial charge < -0.3 is 14.4 Å². The van der Waals surface area contributed by atoms with E-state index in [0.717, 1.165) is 11.1 Å². The van der Waals surface area contributed by atoms with Crippen molar-refractivity contribution < 1.29 is 23.9 Å². The molecule has 2 aliphatic rings. The molecule has 1 saturated carbocycles. The smallest absolute Gasteiger partial charge is 0.238 e. The van der Waals surface area contributed by atoms with Gasteiger partial charge in [0.25, 0.3) is 0 Å². The Hall–Kier alpha value is -2.08. The number of carbonyl (C=O) groups excluding carboxylic acids is 3. The predicted molar refractivity (Wildman–Crippen MR) is 95.8 cm³/mol. The van der Waals surface area contributed by atoms with Crippen molar-refractivity contribution in [1.29, 1.82) is 0 Å². The molecule has 1 aliphatic carbocycles. The fourth-order valence-corrected chi connectivity index (χ4v) is 4.13. The zero-order valence-electron chi connectivity index (χ0n) is 14.9. The van der Waals surface area contributed by atoms with Crippen LogP contribution >= 0.6 is 11.6 Å². The Morgan fingerprint density at radius 1 is 1.12 bits per heavy atom. The monoisotopic (exact) mass is 379 g/mol. The molecule has 1 atom stereocenters. The number of hydrogen-bond acceptors (Lipinski definition) is 5. The quantitative estimate of drug-likeness (QED) is 0.593. The maximum atomic E-state index is 12.6. The molecule has 0 aromatic heterocycles. The first kappa shape index (κ1) is 18.7. The van der Waals surface area contributed by atoms with Crippen molar-refractivity contribution in [1.82, 2.24) is 4.90 Å². The van der Waals surface area contributed by atoms with Gasteiger partial charge in [-0.2, -0.15) is 0 Å². The lowest BCUT2D eigenvalue weighted by atomic mass is 9.75. The van der Waals surface area contributed by atoms with Crippen LogP contribution in [0.15, 0.2) is 12.1 Å². The van der Waals surface area contributed by atoms with E-state index >= 15 is 0 Å². The van der Waals surface area contributed by atoms with E-state index in [0.29, 0.717) is 43.7 Å². The van der Waals surface area contributed by atoms with Crippen molar-refractivity contribution in [3.8, 4) is 11.5 Å². The van der Waals surface area contributed by atoms with Gasteiger partial charge in [-0.1, -0.05) is 0 Å². The van der Waals surface area contributed by atoms with Gasteiger partial charge >= 0.3 is 0 Å². The van der Waals surface area contributed by atoms with Crippen molar-refractivity contribution in [3.05, 3.63) is 23.3 Å². The third-order valence-electron chi connectivity index (χ3n) is 5.21. The number of carbonyl (C=O) groups is 3. The van der Waals surface area contributed by atoms with Crippen LogP contribution < -0.4 is 9.47 Å². The summed E-state index contributed by atoms with van der Waals surface area (Å²) in [5, 5.41) is 0. The van der Waals surface area contributed by atoms with Gasteiger partial charge in [0.2, 0.25) is 5.91 Å². The first-order valence-corrected chi connectivity index (χ1v) is 9.21. The molecular formula is C19H22ClNO5. The third kappa shape index (κ3) is 3.18. The van der Waals surface area contributed by atoms with Gasteiger partial charge in [0.1, 0.15) is 23.4 Å². The summed E-state index contributed by atoms with van der Waals surface area (Å²) < 4.78 is 10.7. The number of methoxy groups -OCH3 is 2. The second-order valence-electron chi connectivity index (χ2n) is 6.59. The highest BCUT2D eigenvalue weighted by atomic mass is 35.5. The molecule has 0 unspecified atom stereocenters. The molecule has 0 bridgehead atoms. The van der Waals surface area contributed by atoms with Crippen LogP contribution in [0.5, 0.6) is 11.5 Å². The lowest BCUT2D eigenvalue weighted by molar-refractivity contribution is -0.142. The lowest BCUT2D eigenvalue weighted by Gasteiger charge is -2.41. The van der Waals surface area contributed by atoms with E-state index in [1.807, 2.05) is 6.07 Å². The van der Waals surface area contributed by atoms with Crippen LogP contribution in [0.25, 0.3) is 0 Å². The molecule has 26 heavy (non-hydrogen) atoms. The van der Waals surface area contributed by atoms with E-state index in [2.05, 4.69) is 0 Å². The molecule has 1 aromatic rings. The zero-order chi connectivity index (χ0) is 18.8. The summed E-state index contributed by atoms with van der Waals surface area (Å²) in [6.07, 6.45) is 1.89. The molecule has 1 heterocycles. The number of hydrogen-bond donors (Lipinski definition) is 0. The lowest BCUT2D eigenvalue weighted by Crippen LogP contribution is -2.48. The van der Waals surface area contributed by atoms with E-state index in [4.69, 9.17) is 21.1 Å². The number of amides is 1. The first-order valence-electron chi connectivity index (χ1n) is 8.67. The Kier molecular flexibility index (Phi) is 5.51. The van der Waals surface area contributed by atoms with Crippen LogP contribution in [0.2, 0.25) is 0 Å². The molecule has 7 heteroatoms. The number of halogens is 1. The highest BCUT2D eigenvalue weighted by Gasteiger charge is 2.44. The fourth-order valence-electron chi connectivity index (χ4n) is 3.97. The number of nitrogens with zero attached hydrogens (tertiary/aromatic N) is 1. The molecule has 3 rings (SSSR count).